The van der Waals surface area contributed by atoms with Crippen molar-refractivity contribution in [3.8, 4) is 11.1 Å². The summed E-state index contributed by atoms with van der Waals surface area (Å²) >= 11 is 6.90. The summed E-state index contributed by atoms with van der Waals surface area (Å²) < 4.78 is 26.3. The fraction of sp³-hybridized carbons (Fsp3) is 0.0769. The van der Waals surface area contributed by atoms with Crippen molar-refractivity contribution in [2.45, 2.75) is 5.88 Å². The Hall–Kier alpha value is -1.79. The first-order valence-corrected chi connectivity index (χ1v) is 7.03. The maximum absolute atomic E-state index is 13.3. The Morgan fingerprint density at radius 2 is 2.10 bits per heavy atom. The summed E-state index contributed by atoms with van der Waals surface area (Å²) in [6, 6.07) is 3.52. The number of halogens is 3. The van der Waals surface area contributed by atoms with Crippen molar-refractivity contribution in [2.75, 3.05) is 0 Å². The molecular weight excluding hydrogens is 306 g/mol. The largest absolute Gasteiger partial charge is 0.309 e. The van der Waals surface area contributed by atoms with Crippen LogP contribution in [0.1, 0.15) is 5.82 Å². The SMILES string of the molecule is O=c1[nH]c(CCl)nc2scc(-c3ccc(F)c(F)c3)c12. The summed E-state index contributed by atoms with van der Waals surface area (Å²) in [5, 5.41) is 2.05. The van der Waals surface area contributed by atoms with Crippen molar-refractivity contribution in [2.24, 2.45) is 0 Å². The van der Waals surface area contributed by atoms with Crippen LogP contribution in [0.4, 0.5) is 8.78 Å². The lowest BCUT2D eigenvalue weighted by Gasteiger charge is -2.01. The number of aromatic amines is 1. The van der Waals surface area contributed by atoms with E-state index < -0.39 is 11.6 Å². The van der Waals surface area contributed by atoms with Crippen LogP contribution < -0.4 is 5.56 Å². The highest BCUT2D eigenvalue weighted by atomic mass is 35.5. The van der Waals surface area contributed by atoms with Gasteiger partial charge in [0.05, 0.1) is 11.3 Å². The molecule has 0 amide bonds. The molecule has 0 aliphatic heterocycles. The van der Waals surface area contributed by atoms with Crippen molar-refractivity contribution in [3.05, 3.63) is 51.4 Å². The first-order valence-electron chi connectivity index (χ1n) is 5.62. The highest BCUT2D eigenvalue weighted by Crippen LogP contribution is 2.31. The van der Waals surface area contributed by atoms with Gasteiger partial charge in [0.1, 0.15) is 10.7 Å². The van der Waals surface area contributed by atoms with Crippen molar-refractivity contribution in [1.29, 1.82) is 0 Å². The predicted molar refractivity (Wildman–Crippen MR) is 75.1 cm³/mol. The Morgan fingerprint density at radius 1 is 1.30 bits per heavy atom. The van der Waals surface area contributed by atoms with Crippen LogP contribution in [0.2, 0.25) is 0 Å². The summed E-state index contributed by atoms with van der Waals surface area (Å²) in [6.07, 6.45) is 0. The number of fused-ring (bicyclic) bond motifs is 1. The molecule has 20 heavy (non-hydrogen) atoms. The van der Waals surface area contributed by atoms with Gasteiger partial charge in [0.25, 0.3) is 5.56 Å². The van der Waals surface area contributed by atoms with Gasteiger partial charge in [0.15, 0.2) is 11.6 Å². The molecule has 0 bridgehead atoms. The van der Waals surface area contributed by atoms with Gasteiger partial charge in [-0.2, -0.15) is 0 Å². The topological polar surface area (TPSA) is 45.8 Å². The van der Waals surface area contributed by atoms with Gasteiger partial charge in [-0.1, -0.05) is 6.07 Å². The maximum atomic E-state index is 13.3. The highest BCUT2D eigenvalue weighted by Gasteiger charge is 2.14. The van der Waals surface area contributed by atoms with Gasteiger partial charge in [0, 0.05) is 10.9 Å². The molecule has 7 heteroatoms. The monoisotopic (exact) mass is 312 g/mol. The summed E-state index contributed by atoms with van der Waals surface area (Å²) in [5.74, 6) is -1.40. The zero-order chi connectivity index (χ0) is 14.3. The van der Waals surface area contributed by atoms with E-state index in [2.05, 4.69) is 9.97 Å². The Balaban J connectivity index is 2.27. The van der Waals surface area contributed by atoms with Crippen LogP contribution in [0, 0.1) is 11.6 Å². The second kappa shape index (κ2) is 4.96. The van der Waals surface area contributed by atoms with E-state index in [0.29, 0.717) is 27.2 Å². The Morgan fingerprint density at radius 3 is 2.80 bits per heavy atom. The lowest BCUT2D eigenvalue weighted by Crippen LogP contribution is -2.10. The third kappa shape index (κ3) is 2.10. The molecule has 102 valence electrons. The smallest absolute Gasteiger partial charge is 0.260 e. The van der Waals surface area contributed by atoms with Gasteiger partial charge < -0.3 is 4.98 Å². The normalized spacial score (nSPS) is 11.2. The lowest BCUT2D eigenvalue weighted by atomic mass is 10.1. The fourth-order valence-electron chi connectivity index (χ4n) is 1.93. The molecule has 0 saturated carbocycles. The molecular formula is C13H7ClF2N2OS. The van der Waals surface area contributed by atoms with Crippen molar-refractivity contribution < 1.29 is 8.78 Å². The number of rotatable bonds is 2. The van der Waals surface area contributed by atoms with E-state index in [1.807, 2.05) is 0 Å². The van der Waals surface area contributed by atoms with Crippen LogP contribution in [0.3, 0.4) is 0 Å². The standard InChI is InChI=1S/C13H7ClF2N2OS/c14-4-10-17-12(19)11-7(5-20-13(11)18-10)6-1-2-8(15)9(16)3-6/h1-3,5H,4H2,(H,17,18,19). The van der Waals surface area contributed by atoms with E-state index in [4.69, 9.17) is 11.6 Å². The molecule has 2 aromatic heterocycles. The summed E-state index contributed by atoms with van der Waals surface area (Å²) in [4.78, 5) is 19.3. The van der Waals surface area contributed by atoms with E-state index in [1.165, 1.54) is 17.4 Å². The molecule has 2 heterocycles. The summed E-state index contributed by atoms with van der Waals surface area (Å²) in [7, 11) is 0. The first-order chi connectivity index (χ1) is 9.60. The Bertz CT molecular complexity index is 859. The van der Waals surface area contributed by atoms with Crippen LogP contribution in [0.25, 0.3) is 21.3 Å². The molecule has 1 N–H and O–H groups in total. The van der Waals surface area contributed by atoms with Crippen molar-refractivity contribution in [1.82, 2.24) is 9.97 Å². The van der Waals surface area contributed by atoms with Gasteiger partial charge in [-0.3, -0.25) is 4.79 Å². The van der Waals surface area contributed by atoms with Crippen LogP contribution in [-0.4, -0.2) is 9.97 Å². The van der Waals surface area contributed by atoms with Gasteiger partial charge >= 0.3 is 0 Å². The molecule has 3 aromatic rings. The average molecular weight is 313 g/mol. The number of hydrogen-bond donors (Lipinski definition) is 1. The number of nitrogens with one attached hydrogen (secondary N) is 1. The van der Waals surface area contributed by atoms with Crippen molar-refractivity contribution >= 4 is 33.2 Å². The number of H-pyrrole nitrogens is 1. The molecule has 0 unspecified atom stereocenters. The molecule has 0 radical (unpaired) electrons. The third-order valence-corrected chi connectivity index (χ3v) is 3.98. The predicted octanol–water partition coefficient (Wildman–Crippen LogP) is 3.67. The minimum Gasteiger partial charge on any atom is -0.309 e. The average Bonchev–Trinajstić information content (AvgIpc) is 2.86. The molecule has 3 rings (SSSR count). The van der Waals surface area contributed by atoms with Gasteiger partial charge in [-0.05, 0) is 17.7 Å². The zero-order valence-corrected chi connectivity index (χ0v) is 11.5. The molecule has 0 saturated heterocycles. The van der Waals surface area contributed by atoms with Crippen LogP contribution in [0.15, 0.2) is 28.4 Å². The summed E-state index contributed by atoms with van der Waals surface area (Å²) in [5.41, 5.74) is 0.617. The molecule has 1 aromatic carbocycles. The van der Waals surface area contributed by atoms with Crippen LogP contribution in [-0.2, 0) is 5.88 Å². The Labute approximate surface area is 120 Å². The second-order valence-corrected chi connectivity index (χ2v) is 5.23. The van der Waals surface area contributed by atoms with E-state index in [9.17, 15) is 13.6 Å². The minimum absolute atomic E-state index is 0.101. The van der Waals surface area contributed by atoms with E-state index in [1.54, 1.807) is 5.38 Å². The van der Waals surface area contributed by atoms with E-state index in [0.717, 1.165) is 12.1 Å². The van der Waals surface area contributed by atoms with Gasteiger partial charge in [-0.15, -0.1) is 22.9 Å². The lowest BCUT2D eigenvalue weighted by molar-refractivity contribution is 0.509. The third-order valence-electron chi connectivity index (χ3n) is 2.85. The van der Waals surface area contributed by atoms with Crippen LogP contribution >= 0.6 is 22.9 Å². The molecule has 0 aliphatic carbocycles. The number of benzene rings is 1. The van der Waals surface area contributed by atoms with Crippen molar-refractivity contribution in [3.63, 3.8) is 0 Å². The number of nitrogens with zero attached hydrogens (tertiary/aromatic N) is 1. The van der Waals surface area contributed by atoms with Gasteiger partial charge in [-0.25, -0.2) is 13.8 Å². The molecule has 0 spiro atoms. The van der Waals surface area contributed by atoms with E-state index >= 15 is 0 Å². The maximum Gasteiger partial charge on any atom is 0.260 e. The minimum atomic E-state index is -0.955. The number of alkyl halides is 1. The molecule has 0 fully saturated rings. The number of thiophene rings is 1. The molecule has 0 atom stereocenters. The quantitative estimate of drug-likeness (QED) is 0.734. The molecule has 3 nitrogen and oxygen atoms in total. The number of hydrogen-bond acceptors (Lipinski definition) is 3. The molecule has 0 aliphatic rings. The Kier molecular flexibility index (Phi) is 3.27. The zero-order valence-electron chi connectivity index (χ0n) is 9.91. The summed E-state index contributed by atoms with van der Waals surface area (Å²) in [6.45, 7) is 0. The van der Waals surface area contributed by atoms with E-state index in [-0.39, 0.29) is 11.4 Å². The second-order valence-electron chi connectivity index (χ2n) is 4.10. The first kappa shape index (κ1) is 13.2. The van der Waals surface area contributed by atoms with Crippen LogP contribution in [0.5, 0.6) is 0 Å². The number of aromatic nitrogens is 2. The highest BCUT2D eigenvalue weighted by molar-refractivity contribution is 7.17. The van der Waals surface area contributed by atoms with Gasteiger partial charge in [0.2, 0.25) is 0 Å². The fourth-order valence-corrected chi connectivity index (χ4v) is 3.03.